The summed E-state index contributed by atoms with van der Waals surface area (Å²) in [7, 11) is 0. The van der Waals surface area contributed by atoms with Gasteiger partial charge in [0.1, 0.15) is 6.10 Å². The molecule has 1 aromatic carbocycles. The molecule has 4 aliphatic carbocycles. The number of rotatable bonds is 3. The molecule has 7 rings (SSSR count). The summed E-state index contributed by atoms with van der Waals surface area (Å²) >= 11 is 0. The van der Waals surface area contributed by atoms with Crippen LogP contribution in [0.25, 0.3) is 10.9 Å². The highest BCUT2D eigenvalue weighted by Crippen LogP contribution is 2.60. The highest BCUT2D eigenvalue weighted by atomic mass is 16.5. The lowest BCUT2D eigenvalue weighted by Crippen LogP contribution is -2.62. The van der Waals surface area contributed by atoms with Crippen LogP contribution in [-0.2, 0) is 4.79 Å². The summed E-state index contributed by atoms with van der Waals surface area (Å²) in [5.74, 6) is 3.54. The van der Waals surface area contributed by atoms with E-state index in [1.165, 1.54) is 19.3 Å². The Hall–Kier alpha value is -2.10. The molecule has 5 fully saturated rings. The number of hydrogen-bond acceptors (Lipinski definition) is 3. The second-order valence-electron chi connectivity index (χ2n) is 9.49. The second-order valence-corrected chi connectivity index (χ2v) is 9.49. The van der Waals surface area contributed by atoms with Crippen LogP contribution < -0.4 is 4.74 Å². The average Bonchev–Trinajstić information content (AvgIpc) is 2.62. The number of carbonyl (C=O) groups is 1. The predicted molar refractivity (Wildman–Crippen MR) is 103 cm³/mol. The van der Waals surface area contributed by atoms with Crippen molar-refractivity contribution in [3.8, 4) is 5.88 Å². The molecule has 0 radical (unpaired) electrons. The van der Waals surface area contributed by atoms with Crippen LogP contribution in [0.4, 0.5) is 0 Å². The Morgan fingerprint density at radius 3 is 2.33 bits per heavy atom. The monoisotopic (exact) mass is 362 g/mol. The average molecular weight is 362 g/mol. The first-order valence-electron chi connectivity index (χ1n) is 10.5. The van der Waals surface area contributed by atoms with Crippen LogP contribution >= 0.6 is 0 Å². The van der Waals surface area contributed by atoms with Crippen molar-refractivity contribution in [3.05, 3.63) is 36.4 Å². The van der Waals surface area contributed by atoms with Gasteiger partial charge in [-0.05, 0) is 68.4 Å². The van der Waals surface area contributed by atoms with Crippen molar-refractivity contribution in [1.29, 1.82) is 0 Å². The van der Waals surface area contributed by atoms with Gasteiger partial charge in [-0.3, -0.25) is 4.79 Å². The van der Waals surface area contributed by atoms with E-state index in [1.54, 1.807) is 0 Å². The minimum absolute atomic E-state index is 0.0269. The summed E-state index contributed by atoms with van der Waals surface area (Å²) in [6, 6.07) is 12.1. The van der Waals surface area contributed by atoms with Gasteiger partial charge in [-0.2, -0.15) is 0 Å². The van der Waals surface area contributed by atoms with Crippen LogP contribution in [-0.4, -0.2) is 35.0 Å². The van der Waals surface area contributed by atoms with Gasteiger partial charge in [0.05, 0.1) is 24.0 Å². The topological polar surface area (TPSA) is 42.4 Å². The molecule has 27 heavy (non-hydrogen) atoms. The van der Waals surface area contributed by atoms with E-state index in [2.05, 4.69) is 22.0 Å². The van der Waals surface area contributed by atoms with Gasteiger partial charge in [-0.1, -0.05) is 18.2 Å². The molecule has 0 unspecified atom stereocenters. The van der Waals surface area contributed by atoms with E-state index in [9.17, 15) is 4.79 Å². The molecule has 140 valence electrons. The van der Waals surface area contributed by atoms with Crippen LogP contribution in [0.5, 0.6) is 5.88 Å². The first-order valence-corrected chi connectivity index (χ1v) is 10.5. The Bertz CT molecular complexity index is 867. The lowest BCUT2D eigenvalue weighted by atomic mass is 9.49. The van der Waals surface area contributed by atoms with Gasteiger partial charge in [-0.15, -0.1) is 0 Å². The Morgan fingerprint density at radius 2 is 1.63 bits per heavy atom. The number of para-hydroxylation sites is 1. The molecule has 0 N–H and O–H groups in total. The van der Waals surface area contributed by atoms with E-state index < -0.39 is 0 Å². The van der Waals surface area contributed by atoms with Gasteiger partial charge in [0.15, 0.2) is 0 Å². The number of nitrogens with zero attached hydrogens (tertiary/aromatic N) is 2. The van der Waals surface area contributed by atoms with Gasteiger partial charge in [-0.25, -0.2) is 4.98 Å². The lowest BCUT2D eigenvalue weighted by Gasteiger charge is -2.57. The van der Waals surface area contributed by atoms with E-state index in [4.69, 9.17) is 4.74 Å². The van der Waals surface area contributed by atoms with Crippen LogP contribution in [0.15, 0.2) is 36.4 Å². The fourth-order valence-corrected chi connectivity index (χ4v) is 6.67. The molecule has 2 aromatic rings. The molecule has 4 bridgehead atoms. The Labute approximate surface area is 159 Å². The standard InChI is InChI=1S/C23H26N2O2/c26-22(23-10-15-7-16(11-23)9-17(8-15)12-23)25-13-19(14-25)27-21-6-5-18-3-1-2-4-20(18)24-21/h1-6,15-17,19H,7-14H2. The lowest BCUT2D eigenvalue weighted by molar-refractivity contribution is -0.166. The molecule has 4 saturated carbocycles. The number of ether oxygens (including phenoxy) is 1. The maximum absolute atomic E-state index is 13.3. The van der Waals surface area contributed by atoms with Gasteiger partial charge in [0.2, 0.25) is 11.8 Å². The highest BCUT2D eigenvalue weighted by Gasteiger charge is 2.56. The fraction of sp³-hybridized carbons (Fsp3) is 0.565. The molecule has 2 heterocycles. The molecule has 0 spiro atoms. The second kappa shape index (κ2) is 5.70. The smallest absolute Gasteiger partial charge is 0.229 e. The third-order valence-electron chi connectivity index (χ3n) is 7.49. The van der Waals surface area contributed by atoms with E-state index in [0.29, 0.717) is 11.8 Å². The summed E-state index contributed by atoms with van der Waals surface area (Å²) in [5.41, 5.74) is 0.928. The van der Waals surface area contributed by atoms with Crippen molar-refractivity contribution < 1.29 is 9.53 Å². The van der Waals surface area contributed by atoms with Crippen LogP contribution in [0, 0.1) is 23.2 Å². The number of fused-ring (bicyclic) bond motifs is 1. The molecule has 1 saturated heterocycles. The molecule has 5 aliphatic rings. The Balaban J connectivity index is 1.12. The normalized spacial score (nSPS) is 34.7. The molecule has 4 nitrogen and oxygen atoms in total. The highest BCUT2D eigenvalue weighted by molar-refractivity contribution is 5.84. The van der Waals surface area contributed by atoms with E-state index >= 15 is 0 Å². The Morgan fingerprint density at radius 1 is 0.963 bits per heavy atom. The minimum atomic E-state index is -0.0269. The minimum Gasteiger partial charge on any atom is -0.471 e. The zero-order valence-electron chi connectivity index (χ0n) is 15.6. The number of aromatic nitrogens is 1. The summed E-state index contributed by atoms with van der Waals surface area (Å²) in [6.07, 6.45) is 7.66. The first-order chi connectivity index (χ1) is 13.2. The van der Waals surface area contributed by atoms with E-state index in [1.807, 2.05) is 24.3 Å². The van der Waals surface area contributed by atoms with Crippen molar-refractivity contribution in [2.75, 3.05) is 13.1 Å². The SMILES string of the molecule is O=C(N1CC(Oc2ccc3ccccc3n2)C1)C12CC3CC(CC(C3)C1)C2. The predicted octanol–water partition coefficient (Wildman–Crippen LogP) is 4.04. The van der Waals surface area contributed by atoms with E-state index in [0.717, 1.165) is 61.0 Å². The van der Waals surface area contributed by atoms with Gasteiger partial charge in [0.25, 0.3) is 0 Å². The van der Waals surface area contributed by atoms with Crippen LogP contribution in [0.1, 0.15) is 38.5 Å². The number of pyridine rings is 1. The van der Waals surface area contributed by atoms with Gasteiger partial charge in [0, 0.05) is 11.5 Å². The van der Waals surface area contributed by atoms with Crippen LogP contribution in [0.2, 0.25) is 0 Å². The molecular formula is C23H26N2O2. The summed E-state index contributed by atoms with van der Waals surface area (Å²) in [4.78, 5) is 20.0. The van der Waals surface area contributed by atoms with Crippen molar-refractivity contribution in [2.24, 2.45) is 23.2 Å². The van der Waals surface area contributed by atoms with Crippen molar-refractivity contribution in [1.82, 2.24) is 9.88 Å². The molecular weight excluding hydrogens is 336 g/mol. The number of hydrogen-bond donors (Lipinski definition) is 0. The zero-order chi connectivity index (χ0) is 18.0. The van der Waals surface area contributed by atoms with Gasteiger partial charge >= 0.3 is 0 Å². The molecule has 0 atom stereocenters. The first kappa shape index (κ1) is 15.9. The maximum Gasteiger partial charge on any atom is 0.229 e. The number of benzene rings is 1. The third kappa shape index (κ3) is 2.56. The molecule has 4 heteroatoms. The summed E-state index contributed by atoms with van der Waals surface area (Å²) < 4.78 is 6.05. The summed E-state index contributed by atoms with van der Waals surface area (Å²) in [6.45, 7) is 1.43. The Kier molecular flexibility index (Phi) is 3.36. The largest absolute Gasteiger partial charge is 0.471 e. The van der Waals surface area contributed by atoms with Gasteiger partial charge < -0.3 is 9.64 Å². The third-order valence-corrected chi connectivity index (χ3v) is 7.49. The molecule has 1 aliphatic heterocycles. The zero-order valence-corrected chi connectivity index (χ0v) is 15.6. The maximum atomic E-state index is 13.3. The summed E-state index contributed by atoms with van der Waals surface area (Å²) in [5, 5.41) is 1.12. The van der Waals surface area contributed by atoms with E-state index in [-0.39, 0.29) is 11.5 Å². The van der Waals surface area contributed by atoms with Crippen molar-refractivity contribution >= 4 is 16.8 Å². The fourth-order valence-electron chi connectivity index (χ4n) is 6.67. The quantitative estimate of drug-likeness (QED) is 0.827. The molecule has 1 aromatic heterocycles. The van der Waals surface area contributed by atoms with Crippen molar-refractivity contribution in [2.45, 2.75) is 44.6 Å². The number of amides is 1. The number of carbonyl (C=O) groups excluding carboxylic acids is 1. The number of likely N-dealkylation sites (tertiary alicyclic amines) is 1. The van der Waals surface area contributed by atoms with Crippen LogP contribution in [0.3, 0.4) is 0 Å². The van der Waals surface area contributed by atoms with Crippen molar-refractivity contribution in [3.63, 3.8) is 0 Å². The molecule has 1 amide bonds.